The second-order valence-corrected chi connectivity index (χ2v) is 17.6. The van der Waals surface area contributed by atoms with Gasteiger partial charge in [-0.2, -0.15) is 0 Å². The summed E-state index contributed by atoms with van der Waals surface area (Å²) < 4.78 is 4.95. The Bertz CT molecular complexity index is 564. The number of aliphatic hydroxyl groups is 7. The monoisotopic (exact) mass is 687 g/mol. The standard InChI is InChI=1S/C5H14NO2.2C5H14NO.C5H14N.C4H12NO2.C4H12NO.C4H12N/c1-6(2,5-8)3-4-7;1-6(2,3)4-5-7;1-4-6(2,3)5-7;1-5-6(2,3)4;1-5(2,3-6)4-7;1-5(2,3)4-6;1-5(2,3)4/h7-8H,3-5H2,1-2H3;2*7H,4-5H2,1-3H3;5H2,1-4H3;6-7H,3-4H2,1-2H3;6H,4H2,1-3H3;1-4H3/q7*+1. The van der Waals surface area contributed by atoms with Crippen molar-refractivity contribution in [3.05, 3.63) is 0 Å². The van der Waals surface area contributed by atoms with E-state index in [-0.39, 0.29) is 51.4 Å². The summed E-state index contributed by atoms with van der Waals surface area (Å²) in [5.74, 6) is 0. The van der Waals surface area contributed by atoms with E-state index in [1.165, 1.54) is 6.54 Å². The van der Waals surface area contributed by atoms with Gasteiger partial charge in [0.05, 0.1) is 160 Å². The lowest BCUT2D eigenvalue weighted by molar-refractivity contribution is -0.926. The summed E-state index contributed by atoms with van der Waals surface area (Å²) in [6, 6.07) is 0. The maximum Gasteiger partial charge on any atom is 0.181 e. The van der Waals surface area contributed by atoms with Crippen molar-refractivity contribution in [2.24, 2.45) is 0 Å². The molecule has 0 atom stereocenters. The number of aliphatic hydroxyl groups excluding tert-OH is 7. The molecule has 7 N–H and O–H groups in total. The highest BCUT2D eigenvalue weighted by molar-refractivity contribution is 4.21. The second kappa shape index (κ2) is 30.5. The van der Waals surface area contributed by atoms with E-state index < -0.39 is 0 Å². The van der Waals surface area contributed by atoms with Crippen molar-refractivity contribution in [1.82, 2.24) is 0 Å². The highest BCUT2D eigenvalue weighted by Gasteiger charge is 2.10. The predicted octanol–water partition coefficient (Wildman–Crippen LogP) is -1.64. The SMILES string of the molecule is CC[N+](C)(C)C.CC[N+](C)(C)CO.C[N+](C)(C)C.C[N+](C)(C)CCO.C[N+](C)(C)CO.C[N+](C)(CO)CCO.C[N+](C)(CO)CO. The van der Waals surface area contributed by atoms with Crippen LogP contribution >= 0.6 is 0 Å². The molecule has 0 aliphatic carbocycles. The first-order chi connectivity index (χ1) is 20.0. The van der Waals surface area contributed by atoms with E-state index in [4.69, 9.17) is 35.7 Å². The van der Waals surface area contributed by atoms with Gasteiger partial charge in [0, 0.05) is 0 Å². The van der Waals surface area contributed by atoms with Crippen molar-refractivity contribution in [2.45, 2.75) is 13.8 Å². The number of quaternary nitrogens is 7. The van der Waals surface area contributed by atoms with Crippen molar-refractivity contribution >= 4 is 0 Å². The largest absolute Gasteiger partial charge is 0.391 e. The van der Waals surface area contributed by atoms with Crippen molar-refractivity contribution < 1.29 is 67.1 Å². The second-order valence-electron chi connectivity index (χ2n) is 17.6. The number of nitrogens with zero attached hydrogens (tertiary/aromatic N) is 7. The Kier molecular flexibility index (Phi) is 40.3. The molecule has 0 aliphatic heterocycles. The molecule has 0 fully saturated rings. The normalized spacial score (nSPS) is 12.0. The van der Waals surface area contributed by atoms with Gasteiger partial charge in [0.15, 0.2) is 33.7 Å². The minimum atomic E-state index is -0.0174. The van der Waals surface area contributed by atoms with E-state index in [0.29, 0.717) is 20.0 Å². The van der Waals surface area contributed by atoms with E-state index in [1.54, 1.807) is 14.1 Å². The molecule has 290 valence electrons. The van der Waals surface area contributed by atoms with Gasteiger partial charge in [0.1, 0.15) is 13.1 Å². The van der Waals surface area contributed by atoms with Crippen LogP contribution in [0.15, 0.2) is 0 Å². The maximum atomic E-state index is 8.59. The minimum Gasteiger partial charge on any atom is -0.391 e. The van der Waals surface area contributed by atoms with Gasteiger partial charge in [-0.3, -0.25) is 4.48 Å². The number of hydrogen-bond acceptors (Lipinski definition) is 7. The Morgan fingerprint density at radius 2 is 0.543 bits per heavy atom. The van der Waals surface area contributed by atoms with E-state index >= 15 is 0 Å². The van der Waals surface area contributed by atoms with Gasteiger partial charge in [-0.15, -0.1) is 0 Å². The Balaban J connectivity index is -0.0000000775. The average Bonchev–Trinajstić information content (AvgIpc) is 2.88. The molecule has 0 saturated heterocycles. The molecule has 0 aromatic carbocycles. The Hall–Kier alpha value is -0.560. The van der Waals surface area contributed by atoms with Gasteiger partial charge in [0.2, 0.25) is 0 Å². The quantitative estimate of drug-likeness (QED) is 0.102. The molecule has 14 nitrogen and oxygen atoms in total. The van der Waals surface area contributed by atoms with Crippen LogP contribution in [0.4, 0.5) is 0 Å². The van der Waals surface area contributed by atoms with Crippen LogP contribution in [0.1, 0.15) is 13.8 Å². The first-order valence-electron chi connectivity index (χ1n) is 16.0. The average molecular weight is 687 g/mol. The third-order valence-corrected chi connectivity index (χ3v) is 5.24. The molecule has 0 saturated carbocycles. The zero-order valence-corrected chi connectivity index (χ0v) is 35.0. The first-order valence-corrected chi connectivity index (χ1v) is 16.0. The zero-order chi connectivity index (χ0) is 39.3. The van der Waals surface area contributed by atoms with Crippen LogP contribution in [0, 0.1) is 0 Å². The number of rotatable bonds is 11. The van der Waals surface area contributed by atoms with E-state index in [9.17, 15) is 0 Å². The molecule has 0 unspecified atom stereocenters. The first kappa shape index (κ1) is 60.7. The molecule has 0 spiro atoms. The lowest BCUT2D eigenvalue weighted by atomic mass is 10.5. The third-order valence-electron chi connectivity index (χ3n) is 5.24. The summed E-state index contributed by atoms with van der Waals surface area (Å²) in [4.78, 5) is 0. The van der Waals surface area contributed by atoms with Crippen LogP contribution in [0.3, 0.4) is 0 Å². The van der Waals surface area contributed by atoms with Gasteiger partial charge < -0.3 is 62.6 Å². The van der Waals surface area contributed by atoms with Gasteiger partial charge in [-0.05, 0) is 13.8 Å². The fraction of sp³-hybridized carbons (Fsp3) is 1.00. The van der Waals surface area contributed by atoms with Gasteiger partial charge in [0.25, 0.3) is 0 Å². The van der Waals surface area contributed by atoms with Crippen LogP contribution < -0.4 is 0 Å². The topological polar surface area (TPSA) is 142 Å². The molecule has 0 radical (unpaired) electrons. The molecular formula is C32H92N7O7+7. The summed E-state index contributed by atoms with van der Waals surface area (Å²) in [6.07, 6.45) is 0. The van der Waals surface area contributed by atoms with E-state index in [2.05, 4.69) is 84.3 Å². The molecule has 46 heavy (non-hydrogen) atoms. The Morgan fingerprint density at radius 1 is 0.304 bits per heavy atom. The fourth-order valence-corrected chi connectivity index (χ4v) is 0.786. The van der Waals surface area contributed by atoms with Gasteiger partial charge >= 0.3 is 0 Å². The van der Waals surface area contributed by atoms with Crippen molar-refractivity contribution in [1.29, 1.82) is 0 Å². The molecule has 0 aromatic rings. The molecular weight excluding hydrogens is 594 g/mol. The zero-order valence-electron chi connectivity index (χ0n) is 35.0. The van der Waals surface area contributed by atoms with Crippen LogP contribution in [0.2, 0.25) is 0 Å². The molecule has 0 amide bonds. The van der Waals surface area contributed by atoms with Crippen LogP contribution in [0.5, 0.6) is 0 Å². The minimum absolute atomic E-state index is 0.0174. The third kappa shape index (κ3) is 96.7. The van der Waals surface area contributed by atoms with Crippen molar-refractivity contribution in [3.8, 4) is 0 Å². The molecule has 0 bridgehead atoms. The molecule has 0 aliphatic rings. The highest BCUT2D eigenvalue weighted by atomic mass is 16.3. The molecule has 0 rings (SSSR count). The van der Waals surface area contributed by atoms with Crippen molar-refractivity contribution in [3.63, 3.8) is 0 Å². The van der Waals surface area contributed by atoms with Crippen molar-refractivity contribution in [2.75, 3.05) is 207 Å². The van der Waals surface area contributed by atoms with Crippen LogP contribution in [0.25, 0.3) is 0 Å². The van der Waals surface area contributed by atoms with E-state index in [0.717, 1.165) is 26.5 Å². The Labute approximate surface area is 287 Å². The van der Waals surface area contributed by atoms with Crippen LogP contribution in [-0.2, 0) is 0 Å². The smallest absolute Gasteiger partial charge is 0.181 e. The lowest BCUT2D eigenvalue weighted by Crippen LogP contribution is -2.42. The fourth-order valence-electron chi connectivity index (χ4n) is 0.786. The summed E-state index contributed by atoms with van der Waals surface area (Å²) >= 11 is 0. The highest BCUT2D eigenvalue weighted by Crippen LogP contribution is 1.91. The molecule has 0 heterocycles. The number of likely N-dealkylation sites (N-methyl/N-ethyl adjacent to an activating group) is 2. The predicted molar refractivity (Wildman–Crippen MR) is 195 cm³/mol. The summed E-state index contributed by atoms with van der Waals surface area (Å²) in [7, 11) is 38.1. The lowest BCUT2D eigenvalue weighted by Gasteiger charge is -2.25. The summed E-state index contributed by atoms with van der Waals surface area (Å²) in [6.45, 7) is 8.77. The van der Waals surface area contributed by atoms with Crippen LogP contribution in [-0.4, -0.2) is 274 Å². The summed E-state index contributed by atoms with van der Waals surface area (Å²) in [5.41, 5.74) is 0. The Morgan fingerprint density at radius 3 is 0.565 bits per heavy atom. The van der Waals surface area contributed by atoms with Gasteiger partial charge in [-0.1, -0.05) is 0 Å². The summed E-state index contributed by atoms with van der Waals surface area (Å²) in [5, 5.41) is 59.1. The molecule has 14 heteroatoms. The molecule has 0 aromatic heterocycles. The van der Waals surface area contributed by atoms with E-state index in [1.807, 2.05) is 49.3 Å². The van der Waals surface area contributed by atoms with Gasteiger partial charge in [-0.25, -0.2) is 0 Å². The number of hydrogen-bond donors (Lipinski definition) is 7. The maximum absolute atomic E-state index is 8.59.